The summed E-state index contributed by atoms with van der Waals surface area (Å²) < 4.78 is 22.3. The molecule has 0 fully saturated rings. The van der Waals surface area contributed by atoms with Crippen molar-refractivity contribution in [3.8, 4) is 45.3 Å². The van der Waals surface area contributed by atoms with Crippen molar-refractivity contribution in [2.75, 3.05) is 7.11 Å². The molecule has 0 saturated carbocycles. The van der Waals surface area contributed by atoms with Gasteiger partial charge in [0.25, 0.3) is 0 Å². The summed E-state index contributed by atoms with van der Waals surface area (Å²) in [7, 11) is 1.57. The Hall–Kier alpha value is -4.91. The van der Waals surface area contributed by atoms with Gasteiger partial charge in [0.1, 0.15) is 23.0 Å². The highest BCUT2D eigenvalue weighted by atomic mass is 16.5. The number of ether oxygens (including phenoxy) is 4. The average Bonchev–Trinajstić information content (AvgIpc) is 2.93. The molecule has 0 unspecified atom stereocenters. The molecule has 41 heavy (non-hydrogen) atoms. The second kappa shape index (κ2) is 13.0. The quantitative estimate of drug-likeness (QED) is 0.145. The second-order valence-electron chi connectivity index (χ2n) is 9.99. The molecule has 0 heterocycles. The number of methoxy groups -OCH3 is 1. The molecular formula is C34H34O7. The van der Waals surface area contributed by atoms with Gasteiger partial charge in [-0.25, -0.2) is 14.4 Å². The van der Waals surface area contributed by atoms with E-state index in [-0.39, 0.29) is 34.1 Å². The van der Waals surface area contributed by atoms with Gasteiger partial charge in [0.05, 0.1) is 7.11 Å². The lowest BCUT2D eigenvalue weighted by Crippen LogP contribution is -2.12. The van der Waals surface area contributed by atoms with Crippen molar-refractivity contribution in [2.45, 2.75) is 40.5 Å². The van der Waals surface area contributed by atoms with E-state index in [0.29, 0.717) is 33.8 Å². The molecule has 0 spiro atoms. The standard InChI is InChI=1S/C34H34O7/c1-19(2)27-16-25(39-32(35)20(3)4)14-15-26(27)29-18-30(40-33(36)21(5)6)28(17-31(29)41-34(37)22(7)8)23-10-12-24(38-9)13-11-23/h10-19H,3,5,7H2,1-2,4,6,8-9H3. The highest BCUT2D eigenvalue weighted by molar-refractivity contribution is 5.94. The lowest BCUT2D eigenvalue weighted by molar-refractivity contribution is -0.131. The molecular weight excluding hydrogens is 520 g/mol. The van der Waals surface area contributed by atoms with Crippen molar-refractivity contribution in [1.82, 2.24) is 0 Å². The van der Waals surface area contributed by atoms with Gasteiger partial charge in [-0.15, -0.1) is 0 Å². The van der Waals surface area contributed by atoms with E-state index in [0.717, 1.165) is 5.56 Å². The molecule has 0 aliphatic carbocycles. The molecule has 0 aliphatic heterocycles. The summed E-state index contributed by atoms with van der Waals surface area (Å²) in [5.41, 5.74) is 3.89. The molecule has 212 valence electrons. The minimum atomic E-state index is -0.614. The zero-order valence-corrected chi connectivity index (χ0v) is 24.3. The third-order valence-corrected chi connectivity index (χ3v) is 6.08. The lowest BCUT2D eigenvalue weighted by Gasteiger charge is -2.20. The maximum atomic E-state index is 12.7. The minimum Gasteiger partial charge on any atom is -0.497 e. The zero-order chi connectivity index (χ0) is 30.4. The van der Waals surface area contributed by atoms with Gasteiger partial charge in [-0.05, 0) is 79.8 Å². The number of hydrogen-bond donors (Lipinski definition) is 0. The van der Waals surface area contributed by atoms with Crippen LogP contribution in [-0.2, 0) is 14.4 Å². The first-order valence-corrected chi connectivity index (χ1v) is 12.9. The molecule has 0 radical (unpaired) electrons. The van der Waals surface area contributed by atoms with Crippen LogP contribution in [0.1, 0.15) is 46.1 Å². The third-order valence-electron chi connectivity index (χ3n) is 6.08. The number of esters is 3. The van der Waals surface area contributed by atoms with Gasteiger partial charge in [0, 0.05) is 27.8 Å². The minimum absolute atomic E-state index is 0.0270. The van der Waals surface area contributed by atoms with Crippen LogP contribution in [0, 0.1) is 0 Å². The molecule has 0 saturated heterocycles. The van der Waals surface area contributed by atoms with E-state index in [2.05, 4.69) is 19.7 Å². The molecule has 0 bridgehead atoms. The Labute approximate surface area is 240 Å². The first kappa shape index (κ1) is 30.6. The predicted molar refractivity (Wildman–Crippen MR) is 159 cm³/mol. The predicted octanol–water partition coefficient (Wildman–Crippen LogP) is 7.60. The normalized spacial score (nSPS) is 10.5. The molecule has 3 aromatic carbocycles. The Morgan fingerprint density at radius 3 is 1.56 bits per heavy atom. The molecule has 3 aromatic rings. The maximum Gasteiger partial charge on any atom is 0.338 e. The van der Waals surface area contributed by atoms with Gasteiger partial charge in [0.15, 0.2) is 0 Å². The Balaban J connectivity index is 2.32. The van der Waals surface area contributed by atoms with E-state index in [1.54, 1.807) is 82.5 Å². The van der Waals surface area contributed by atoms with E-state index in [9.17, 15) is 14.4 Å². The van der Waals surface area contributed by atoms with Gasteiger partial charge in [-0.3, -0.25) is 0 Å². The summed E-state index contributed by atoms with van der Waals surface area (Å²) in [6.45, 7) is 19.7. The molecule has 7 nitrogen and oxygen atoms in total. The summed E-state index contributed by atoms with van der Waals surface area (Å²) in [4.78, 5) is 37.6. The number of hydrogen-bond acceptors (Lipinski definition) is 7. The van der Waals surface area contributed by atoms with Crippen molar-refractivity contribution >= 4 is 17.9 Å². The zero-order valence-electron chi connectivity index (χ0n) is 24.3. The van der Waals surface area contributed by atoms with Crippen LogP contribution in [-0.4, -0.2) is 25.0 Å². The first-order valence-electron chi connectivity index (χ1n) is 12.9. The molecule has 0 amide bonds. The summed E-state index contributed by atoms with van der Waals surface area (Å²) >= 11 is 0. The van der Waals surface area contributed by atoms with Crippen molar-refractivity contribution in [3.63, 3.8) is 0 Å². The summed E-state index contributed by atoms with van der Waals surface area (Å²) in [5.74, 6) is -0.334. The monoisotopic (exact) mass is 554 g/mol. The van der Waals surface area contributed by atoms with E-state index in [4.69, 9.17) is 18.9 Å². The van der Waals surface area contributed by atoms with E-state index >= 15 is 0 Å². The average molecular weight is 555 g/mol. The maximum absolute atomic E-state index is 12.7. The van der Waals surface area contributed by atoms with Gasteiger partial charge >= 0.3 is 17.9 Å². The number of carbonyl (C=O) groups is 3. The molecule has 3 rings (SSSR count). The number of carbonyl (C=O) groups excluding carboxylic acids is 3. The lowest BCUT2D eigenvalue weighted by atomic mass is 9.90. The van der Waals surface area contributed by atoms with E-state index < -0.39 is 17.9 Å². The van der Waals surface area contributed by atoms with Crippen LogP contribution >= 0.6 is 0 Å². The summed E-state index contributed by atoms with van der Waals surface area (Å²) in [5, 5.41) is 0. The van der Waals surface area contributed by atoms with E-state index in [1.807, 2.05) is 13.8 Å². The highest BCUT2D eigenvalue weighted by Crippen LogP contribution is 2.44. The molecule has 0 aliphatic rings. The Morgan fingerprint density at radius 1 is 0.610 bits per heavy atom. The fourth-order valence-corrected chi connectivity index (χ4v) is 3.83. The van der Waals surface area contributed by atoms with Crippen molar-refractivity contribution in [2.24, 2.45) is 0 Å². The summed E-state index contributed by atoms with van der Waals surface area (Å²) in [6, 6.07) is 15.6. The number of benzene rings is 3. The van der Waals surface area contributed by atoms with Crippen LogP contribution in [0.4, 0.5) is 0 Å². The van der Waals surface area contributed by atoms with Crippen LogP contribution < -0.4 is 18.9 Å². The highest BCUT2D eigenvalue weighted by Gasteiger charge is 2.23. The van der Waals surface area contributed by atoms with Crippen molar-refractivity contribution in [1.29, 1.82) is 0 Å². The van der Waals surface area contributed by atoms with Gasteiger partial charge in [-0.1, -0.05) is 51.8 Å². The topological polar surface area (TPSA) is 88.1 Å². The van der Waals surface area contributed by atoms with Crippen LogP contribution in [0.3, 0.4) is 0 Å². The molecule has 7 heteroatoms. The van der Waals surface area contributed by atoms with Crippen LogP contribution in [0.2, 0.25) is 0 Å². The summed E-state index contributed by atoms with van der Waals surface area (Å²) in [6.07, 6.45) is 0. The van der Waals surface area contributed by atoms with Crippen LogP contribution in [0.15, 0.2) is 91.1 Å². The second-order valence-corrected chi connectivity index (χ2v) is 9.99. The Bertz CT molecular complexity index is 1540. The van der Waals surface area contributed by atoms with Gasteiger partial charge in [0.2, 0.25) is 0 Å². The Kier molecular flexibility index (Phi) is 9.68. The van der Waals surface area contributed by atoms with Crippen molar-refractivity contribution in [3.05, 3.63) is 96.6 Å². The molecule has 0 N–H and O–H groups in total. The van der Waals surface area contributed by atoms with Crippen LogP contribution in [0.25, 0.3) is 22.3 Å². The van der Waals surface area contributed by atoms with E-state index in [1.165, 1.54) is 0 Å². The molecule has 0 atom stereocenters. The van der Waals surface area contributed by atoms with Gasteiger partial charge in [-0.2, -0.15) is 0 Å². The SMILES string of the molecule is C=C(C)C(=O)Oc1ccc(-c2cc(OC(=O)C(=C)C)c(-c3ccc(OC)cc3)cc2OC(=O)C(=C)C)c(C(C)C)c1. The fourth-order valence-electron chi connectivity index (χ4n) is 3.83. The third kappa shape index (κ3) is 7.39. The smallest absolute Gasteiger partial charge is 0.338 e. The van der Waals surface area contributed by atoms with Gasteiger partial charge < -0.3 is 18.9 Å². The first-order chi connectivity index (χ1) is 19.3. The van der Waals surface area contributed by atoms with Crippen molar-refractivity contribution < 1.29 is 33.3 Å². The molecule has 0 aromatic heterocycles. The number of rotatable bonds is 10. The Morgan fingerprint density at radius 2 is 1.07 bits per heavy atom. The fraction of sp³-hybridized carbons (Fsp3) is 0.206. The largest absolute Gasteiger partial charge is 0.497 e. The van der Waals surface area contributed by atoms with Crippen LogP contribution in [0.5, 0.6) is 23.0 Å².